The highest BCUT2D eigenvalue weighted by Gasteiger charge is 2.30. The summed E-state index contributed by atoms with van der Waals surface area (Å²) < 4.78 is 44.2. The van der Waals surface area contributed by atoms with Crippen molar-refractivity contribution in [3.05, 3.63) is 84.3 Å². The highest BCUT2D eigenvalue weighted by molar-refractivity contribution is 5.91. The van der Waals surface area contributed by atoms with Crippen molar-refractivity contribution in [1.29, 1.82) is 0 Å². The van der Waals surface area contributed by atoms with Crippen molar-refractivity contribution in [2.75, 3.05) is 5.32 Å². The largest absolute Gasteiger partial charge is 0.421 e. The lowest BCUT2D eigenvalue weighted by atomic mass is 10.1. The number of carbonyl (C=O) groups is 1. The Morgan fingerprint density at radius 2 is 1.74 bits per heavy atom. The van der Waals surface area contributed by atoms with E-state index in [0.717, 1.165) is 34.6 Å². The second-order valence-corrected chi connectivity index (χ2v) is 7.81. The monoisotopic (exact) mass is 477 g/mol. The summed E-state index contributed by atoms with van der Waals surface area (Å²) in [7, 11) is 0. The zero-order valence-corrected chi connectivity index (χ0v) is 18.1. The molecule has 3 aromatic carbocycles. The van der Waals surface area contributed by atoms with Crippen molar-refractivity contribution in [2.24, 2.45) is 0 Å². The van der Waals surface area contributed by atoms with Crippen LogP contribution in [0.25, 0.3) is 33.9 Å². The van der Waals surface area contributed by atoms with Gasteiger partial charge in [-0.2, -0.15) is 13.2 Å². The van der Waals surface area contributed by atoms with Crippen LogP contribution in [0.5, 0.6) is 0 Å². The number of H-pyrrole nitrogens is 1. The fourth-order valence-electron chi connectivity index (χ4n) is 3.54. The molecule has 7 nitrogen and oxygen atoms in total. The van der Waals surface area contributed by atoms with Gasteiger partial charge in [-0.3, -0.25) is 4.79 Å². The minimum absolute atomic E-state index is 0.0346. The lowest BCUT2D eigenvalue weighted by Crippen LogP contribution is -2.12. The molecule has 0 saturated heterocycles. The zero-order valence-electron chi connectivity index (χ0n) is 18.1. The van der Waals surface area contributed by atoms with Crippen LogP contribution in [0.1, 0.15) is 17.9 Å². The van der Waals surface area contributed by atoms with Gasteiger partial charge in [0.05, 0.1) is 16.6 Å². The molecule has 0 bridgehead atoms. The van der Waals surface area contributed by atoms with Crippen LogP contribution in [0.3, 0.4) is 0 Å². The Morgan fingerprint density at radius 1 is 0.943 bits per heavy atom. The van der Waals surface area contributed by atoms with Crippen LogP contribution in [-0.4, -0.2) is 26.1 Å². The van der Waals surface area contributed by atoms with E-state index >= 15 is 0 Å². The number of halogens is 3. The summed E-state index contributed by atoms with van der Waals surface area (Å²) in [5.41, 5.74) is 2.67. The minimum atomic E-state index is -4.47. The van der Waals surface area contributed by atoms with Gasteiger partial charge in [0.1, 0.15) is 5.82 Å². The molecule has 0 spiro atoms. The van der Waals surface area contributed by atoms with Crippen molar-refractivity contribution >= 4 is 22.6 Å². The fraction of sp³-hybridized carbons (Fsp3) is 0.120. The number of aryl methyl sites for hydroxylation is 1. The number of para-hydroxylation sites is 2. The maximum Gasteiger partial charge on any atom is 0.416 e. The molecule has 0 radical (unpaired) electrons. The first-order valence-corrected chi connectivity index (χ1v) is 10.7. The number of nitrogens with zero attached hydrogens (tertiary/aromatic N) is 3. The third-order valence-corrected chi connectivity index (χ3v) is 5.30. The summed E-state index contributed by atoms with van der Waals surface area (Å²) in [6, 6.07) is 19.6. The number of hydrogen-bond acceptors (Lipinski definition) is 5. The van der Waals surface area contributed by atoms with Crippen LogP contribution in [0.15, 0.2) is 77.2 Å². The van der Waals surface area contributed by atoms with Gasteiger partial charge in [-0.05, 0) is 54.6 Å². The molecule has 0 unspecified atom stereocenters. The van der Waals surface area contributed by atoms with Gasteiger partial charge in [0.2, 0.25) is 17.7 Å². The molecule has 0 fully saturated rings. The Bertz CT molecular complexity index is 1460. The summed E-state index contributed by atoms with van der Waals surface area (Å²) in [5, 5.41) is 10.4. The highest BCUT2D eigenvalue weighted by Crippen LogP contribution is 2.32. The SMILES string of the molecule is O=C(CCc1nnc(-c2cccc(C(F)(F)F)c2)o1)Nc1ccc(-c2nc3ccccc3[nH]2)cc1. The number of carbonyl (C=O) groups excluding carboxylic acids is 1. The van der Waals surface area contributed by atoms with E-state index in [9.17, 15) is 18.0 Å². The molecular formula is C25H18F3N5O2. The molecule has 0 aliphatic rings. The summed E-state index contributed by atoms with van der Waals surface area (Å²) >= 11 is 0. The number of aromatic nitrogens is 4. The summed E-state index contributed by atoms with van der Waals surface area (Å²) in [6.07, 6.45) is -4.26. The second kappa shape index (κ2) is 9.05. The molecule has 2 heterocycles. The number of fused-ring (bicyclic) bond motifs is 1. The highest BCUT2D eigenvalue weighted by atomic mass is 19.4. The van der Waals surface area contributed by atoms with Gasteiger partial charge in [0, 0.05) is 29.7 Å². The number of alkyl halides is 3. The summed E-state index contributed by atoms with van der Waals surface area (Å²) in [5.74, 6) is 0.595. The van der Waals surface area contributed by atoms with Crippen molar-refractivity contribution < 1.29 is 22.4 Å². The maximum absolute atomic E-state index is 12.9. The van der Waals surface area contributed by atoms with Crippen molar-refractivity contribution in [3.8, 4) is 22.8 Å². The number of anilines is 1. The molecule has 0 aliphatic heterocycles. The Kier molecular flexibility index (Phi) is 5.77. The molecule has 0 atom stereocenters. The van der Waals surface area contributed by atoms with E-state index in [1.54, 1.807) is 12.1 Å². The fourth-order valence-corrected chi connectivity index (χ4v) is 3.54. The van der Waals surface area contributed by atoms with Gasteiger partial charge in [0.25, 0.3) is 0 Å². The van der Waals surface area contributed by atoms with Crippen LogP contribution in [-0.2, 0) is 17.4 Å². The van der Waals surface area contributed by atoms with Crippen LogP contribution >= 0.6 is 0 Å². The smallest absolute Gasteiger partial charge is 0.416 e. The van der Waals surface area contributed by atoms with E-state index in [-0.39, 0.29) is 36.1 Å². The predicted octanol–water partition coefficient (Wildman–Crippen LogP) is 5.87. The predicted molar refractivity (Wildman–Crippen MR) is 123 cm³/mol. The molecule has 10 heteroatoms. The normalized spacial score (nSPS) is 11.6. The lowest BCUT2D eigenvalue weighted by molar-refractivity contribution is -0.137. The third-order valence-electron chi connectivity index (χ3n) is 5.30. The van der Waals surface area contributed by atoms with E-state index in [0.29, 0.717) is 5.69 Å². The Hall–Kier alpha value is -4.47. The van der Waals surface area contributed by atoms with Crippen molar-refractivity contribution in [2.45, 2.75) is 19.0 Å². The van der Waals surface area contributed by atoms with Crippen LogP contribution < -0.4 is 5.32 Å². The molecule has 2 N–H and O–H groups in total. The summed E-state index contributed by atoms with van der Waals surface area (Å²) in [4.78, 5) is 20.2. The van der Waals surface area contributed by atoms with Crippen LogP contribution in [0.4, 0.5) is 18.9 Å². The van der Waals surface area contributed by atoms with E-state index < -0.39 is 11.7 Å². The van der Waals surface area contributed by atoms with E-state index in [1.165, 1.54) is 12.1 Å². The Morgan fingerprint density at radius 3 is 2.51 bits per heavy atom. The number of aromatic amines is 1. The molecule has 1 amide bonds. The first-order chi connectivity index (χ1) is 16.8. The number of amides is 1. The van der Waals surface area contributed by atoms with Gasteiger partial charge < -0.3 is 14.7 Å². The van der Waals surface area contributed by atoms with Crippen molar-refractivity contribution in [1.82, 2.24) is 20.2 Å². The second-order valence-electron chi connectivity index (χ2n) is 7.81. The first-order valence-electron chi connectivity index (χ1n) is 10.7. The quantitative estimate of drug-likeness (QED) is 0.319. The number of benzene rings is 3. The molecule has 0 saturated carbocycles. The van der Waals surface area contributed by atoms with Crippen LogP contribution in [0, 0.1) is 0 Å². The molecule has 0 aliphatic carbocycles. The van der Waals surface area contributed by atoms with E-state index in [4.69, 9.17) is 4.42 Å². The maximum atomic E-state index is 12.9. The minimum Gasteiger partial charge on any atom is -0.421 e. The Balaban J connectivity index is 1.18. The molecule has 176 valence electrons. The van der Waals surface area contributed by atoms with Gasteiger partial charge in [0.15, 0.2) is 0 Å². The van der Waals surface area contributed by atoms with Gasteiger partial charge >= 0.3 is 6.18 Å². The van der Waals surface area contributed by atoms with Gasteiger partial charge in [-0.15, -0.1) is 10.2 Å². The zero-order chi connectivity index (χ0) is 24.4. The molecule has 35 heavy (non-hydrogen) atoms. The average molecular weight is 477 g/mol. The van der Waals surface area contributed by atoms with E-state index in [1.807, 2.05) is 36.4 Å². The lowest BCUT2D eigenvalue weighted by Gasteiger charge is -2.06. The molecule has 5 rings (SSSR count). The Labute approximate surface area is 197 Å². The standard InChI is InChI=1S/C25H18F3N5O2/c26-25(27,28)17-5-3-4-16(14-17)24-33-32-22(35-24)13-12-21(34)29-18-10-8-15(9-11-18)23-30-19-6-1-2-7-20(19)31-23/h1-11,14H,12-13H2,(H,29,34)(H,30,31). The van der Waals surface area contributed by atoms with Gasteiger partial charge in [-0.1, -0.05) is 18.2 Å². The van der Waals surface area contributed by atoms with Crippen molar-refractivity contribution in [3.63, 3.8) is 0 Å². The molecule has 2 aromatic heterocycles. The number of hydrogen-bond donors (Lipinski definition) is 2. The molecule has 5 aromatic rings. The number of rotatable bonds is 6. The third kappa shape index (κ3) is 5.06. The van der Waals surface area contributed by atoms with E-state index in [2.05, 4.69) is 25.5 Å². The average Bonchev–Trinajstić information content (AvgIpc) is 3.50. The summed E-state index contributed by atoms with van der Waals surface area (Å²) in [6.45, 7) is 0. The number of nitrogens with one attached hydrogen (secondary N) is 2. The molecular weight excluding hydrogens is 459 g/mol. The first kappa shape index (κ1) is 22.3. The van der Waals surface area contributed by atoms with Gasteiger partial charge in [-0.25, -0.2) is 4.98 Å². The van der Waals surface area contributed by atoms with Crippen LogP contribution in [0.2, 0.25) is 0 Å². The number of imidazole rings is 1. The topological polar surface area (TPSA) is 96.7 Å².